The highest BCUT2D eigenvalue weighted by atomic mass is 32.2. The molecule has 30 heteroatoms. The molecule has 0 unspecified atom stereocenters. The topological polar surface area (TPSA) is 345 Å². The minimum atomic E-state index is -0.110. The third kappa shape index (κ3) is 131. The molecule has 0 saturated heterocycles. The van der Waals surface area contributed by atoms with Gasteiger partial charge in [-0.25, -0.2) is 0 Å². The molecule has 0 aromatic heterocycles. The van der Waals surface area contributed by atoms with Gasteiger partial charge >= 0.3 is 23.9 Å². The molecule has 0 saturated carbocycles. The first-order valence-electron chi connectivity index (χ1n) is 50.3. The summed E-state index contributed by atoms with van der Waals surface area (Å²) in [5.41, 5.74) is 1.52. The van der Waals surface area contributed by atoms with Crippen LogP contribution in [0.15, 0.2) is 0 Å². The Hall–Kier alpha value is -3.12. The summed E-state index contributed by atoms with van der Waals surface area (Å²) in [6, 6.07) is 0. The van der Waals surface area contributed by atoms with E-state index in [1.807, 2.05) is 0 Å². The number of amides is 2. The molecule has 0 radical (unpaired) electrons. The number of unbranched alkanes of at least 4 members (excludes halogenated alkanes) is 3. The van der Waals surface area contributed by atoms with Gasteiger partial charge in [-0.1, -0.05) is 166 Å². The van der Waals surface area contributed by atoms with E-state index >= 15 is 0 Å². The Labute approximate surface area is 806 Å². The van der Waals surface area contributed by atoms with Gasteiger partial charge in [0.25, 0.3) is 0 Å². The number of carbonyl (C=O) groups excluding carboxylic acids is 6. The van der Waals surface area contributed by atoms with Crippen LogP contribution >= 0.6 is 23.5 Å². The molecule has 0 aliphatic heterocycles. The van der Waals surface area contributed by atoms with Gasteiger partial charge in [0, 0.05) is 207 Å². The van der Waals surface area contributed by atoms with E-state index in [4.69, 9.17) is 37.9 Å². The van der Waals surface area contributed by atoms with Crippen molar-refractivity contribution in [1.29, 1.82) is 0 Å². The van der Waals surface area contributed by atoms with Crippen LogP contribution in [0.2, 0.25) is 0 Å². The zero-order valence-corrected chi connectivity index (χ0v) is 90.0. The minimum Gasteiger partial charge on any atom is -0.466 e. The van der Waals surface area contributed by atoms with Crippen molar-refractivity contribution in [2.24, 2.45) is 43.3 Å². The first kappa shape index (κ1) is 133. The molecule has 0 bridgehead atoms. The maximum atomic E-state index is 11.8. The summed E-state index contributed by atoms with van der Waals surface area (Å²) in [5, 5.41) is 46.7. The molecule has 0 aliphatic carbocycles. The molecule has 14 N–H and O–H groups in total. The van der Waals surface area contributed by atoms with Gasteiger partial charge in [-0.05, 0) is 184 Å². The van der Waals surface area contributed by atoms with Crippen molar-refractivity contribution in [1.82, 2.24) is 74.4 Å². The van der Waals surface area contributed by atoms with Crippen LogP contribution in [0.4, 0.5) is 0 Å². The Morgan fingerprint density at radius 2 is 0.423 bits per heavy atom. The average molecular weight is 1900 g/mol. The van der Waals surface area contributed by atoms with E-state index in [9.17, 15) is 28.8 Å². The summed E-state index contributed by atoms with van der Waals surface area (Å²) in [6.07, 6.45) is 16.5. The van der Waals surface area contributed by atoms with Gasteiger partial charge in [0.1, 0.15) is 0 Å². The molecule has 0 heterocycles. The number of esters is 4. The van der Waals surface area contributed by atoms with Crippen LogP contribution in [0.5, 0.6) is 0 Å². The SMILES string of the molecule is CC(C)(C)CCCOC(=O)CCCCNCCNCCNCCNCCCCC(=O)OCCC(C)(C)C.CC(C)(C)COC(=O)CCCCNCCNCCNCCNCCCC(=O)OCC(C)(C)C.CC(C)(C)COCCCNCCNCCNCCNCCCOCC(C)(C)C.CC(C)(C)COCCCSCCC(=O)NCCNC(=O)CCSCCCOCC(C)(C)C. The second-order valence-corrected chi connectivity index (χ2v) is 46.1. The largest absolute Gasteiger partial charge is 0.466 e. The van der Waals surface area contributed by atoms with Crippen molar-refractivity contribution >= 4 is 59.2 Å². The summed E-state index contributed by atoms with van der Waals surface area (Å²) in [7, 11) is 0. The summed E-state index contributed by atoms with van der Waals surface area (Å²) >= 11 is 3.56. The van der Waals surface area contributed by atoms with Gasteiger partial charge in [0.05, 0.1) is 52.9 Å². The van der Waals surface area contributed by atoms with Crippen LogP contribution in [-0.2, 0) is 66.7 Å². The number of hydrogen-bond acceptors (Lipinski definition) is 28. The van der Waals surface area contributed by atoms with Crippen LogP contribution < -0.4 is 74.4 Å². The molecule has 0 spiro atoms. The third-order valence-corrected chi connectivity index (χ3v) is 20.2. The predicted octanol–water partition coefficient (Wildman–Crippen LogP) is 13.1. The van der Waals surface area contributed by atoms with Crippen molar-refractivity contribution in [3.63, 3.8) is 0 Å². The summed E-state index contributed by atoms with van der Waals surface area (Å²) in [4.78, 5) is 70.3. The Balaban J connectivity index is -0.000000818. The number of nitrogens with one attached hydrogen (secondary N) is 14. The first-order valence-corrected chi connectivity index (χ1v) is 52.6. The van der Waals surface area contributed by atoms with Crippen LogP contribution in [-0.4, -0.2) is 308 Å². The standard InChI is InChI=1S/C29H60N4O4.C25H52N4O4.C24H48N2O4S2.C22H50N4O2/c1-28(2,3)14-11-24-36-26(34)12-7-9-16-30-18-20-32-22-23-33-21-19-31-17-10-8-13-27(35)37-25-15-29(4,5)6;1-24(2,3)20-32-22(30)10-7-8-12-26-14-16-28-18-19-29-17-15-27-13-9-11-23(31)33-21-25(4,5)6;1-23(2,3)19-29-13-7-15-31-17-9-21(27)25-11-12-26-22(28)10-18-32-16-8-14-30-20-24(4,5)6;1-21(2,3)19-27-17-7-9-23-11-13-25-15-16-26-14-12-24-10-8-18-28-20-22(4,5)6/h30-33H,7-25H2,1-6H3;26-29H,7-21H2,1-6H3;7-20H2,1-6H3,(H,25,27)(H,26,28);23-26H,7-20H2,1-6H3. The number of ether oxygens (including phenoxy) is 8. The lowest BCUT2D eigenvalue weighted by molar-refractivity contribution is -0.147. The van der Waals surface area contributed by atoms with E-state index in [1.54, 1.807) is 23.5 Å². The molecule has 2 amide bonds. The fourth-order valence-electron chi connectivity index (χ4n) is 10.9. The fourth-order valence-corrected chi connectivity index (χ4v) is 12.6. The Kier molecular flexibility index (Phi) is 90.7. The Morgan fingerprint density at radius 3 is 0.692 bits per heavy atom. The quantitative estimate of drug-likeness (QED) is 0.0153. The summed E-state index contributed by atoms with van der Waals surface area (Å²) < 4.78 is 43.7. The number of rotatable bonds is 82. The first-order chi connectivity index (χ1) is 61.2. The van der Waals surface area contributed by atoms with Gasteiger partial charge in [-0.15, -0.1) is 0 Å². The van der Waals surface area contributed by atoms with Gasteiger partial charge in [0.15, 0.2) is 0 Å². The van der Waals surface area contributed by atoms with E-state index in [1.165, 1.54) is 0 Å². The summed E-state index contributed by atoms with van der Waals surface area (Å²) in [5.74, 6) is 3.39. The van der Waals surface area contributed by atoms with E-state index in [0.29, 0.717) is 83.5 Å². The lowest BCUT2D eigenvalue weighted by Crippen LogP contribution is -2.35. The third-order valence-electron chi connectivity index (χ3n) is 18.1. The molecule has 28 nitrogen and oxygen atoms in total. The van der Waals surface area contributed by atoms with E-state index in [-0.39, 0.29) is 73.6 Å². The van der Waals surface area contributed by atoms with Gasteiger partial charge in [-0.3, -0.25) is 28.8 Å². The van der Waals surface area contributed by atoms with Crippen LogP contribution in [0, 0.1) is 43.3 Å². The summed E-state index contributed by atoms with van der Waals surface area (Å²) in [6.45, 7) is 84.0. The lowest BCUT2D eigenvalue weighted by Gasteiger charge is -2.18. The smallest absolute Gasteiger partial charge is 0.305 e. The van der Waals surface area contributed by atoms with Gasteiger partial charge < -0.3 is 112 Å². The maximum absolute atomic E-state index is 11.8. The molecule has 0 aliphatic rings. The second kappa shape index (κ2) is 88.6. The minimum absolute atomic E-state index is 0.0231. The highest BCUT2D eigenvalue weighted by Gasteiger charge is 2.19. The van der Waals surface area contributed by atoms with Crippen LogP contribution in [0.25, 0.3) is 0 Å². The van der Waals surface area contributed by atoms with Crippen molar-refractivity contribution in [3.8, 4) is 0 Å². The normalized spacial score (nSPS) is 12.2. The van der Waals surface area contributed by atoms with Crippen LogP contribution in [0.3, 0.4) is 0 Å². The molecule has 0 rings (SSSR count). The zero-order valence-electron chi connectivity index (χ0n) is 88.4. The predicted molar refractivity (Wildman–Crippen MR) is 550 cm³/mol. The van der Waals surface area contributed by atoms with Gasteiger partial charge in [0.2, 0.25) is 11.8 Å². The number of thioether (sulfide) groups is 2. The maximum Gasteiger partial charge on any atom is 0.305 e. The Morgan fingerprint density at radius 1 is 0.192 bits per heavy atom. The number of carbonyl (C=O) groups is 6. The lowest BCUT2D eigenvalue weighted by atomic mass is 9.91. The second-order valence-electron chi connectivity index (χ2n) is 43.6. The fraction of sp³-hybridized carbons (Fsp3) is 0.940. The molecule has 0 fully saturated rings. The monoisotopic (exact) mass is 1900 g/mol. The average Bonchev–Trinajstić information content (AvgIpc) is 0.967. The van der Waals surface area contributed by atoms with Gasteiger partial charge in [-0.2, -0.15) is 23.5 Å². The molecule has 776 valence electrons. The van der Waals surface area contributed by atoms with Crippen molar-refractivity contribution in [3.05, 3.63) is 0 Å². The van der Waals surface area contributed by atoms with Crippen molar-refractivity contribution in [2.45, 2.75) is 295 Å². The van der Waals surface area contributed by atoms with Crippen LogP contribution in [0.1, 0.15) is 295 Å². The Bertz CT molecular complexity index is 2440. The van der Waals surface area contributed by atoms with E-state index < -0.39 is 0 Å². The van der Waals surface area contributed by atoms with Crippen molar-refractivity contribution < 1.29 is 66.7 Å². The molecule has 0 aromatic carbocycles. The molecule has 0 aromatic rings. The molecular formula is C100H210N14O14S2. The highest BCUT2D eigenvalue weighted by molar-refractivity contribution is 7.99. The molecule has 130 heavy (non-hydrogen) atoms. The zero-order chi connectivity index (χ0) is 98.3. The molecule has 0 atom stereocenters. The number of hydrogen-bond donors (Lipinski definition) is 14. The van der Waals surface area contributed by atoms with E-state index in [0.717, 1.165) is 323 Å². The highest BCUT2D eigenvalue weighted by Crippen LogP contribution is 2.22. The van der Waals surface area contributed by atoms with Crippen molar-refractivity contribution in [2.75, 3.05) is 272 Å². The molecular weight excluding hydrogens is 1690 g/mol. The van der Waals surface area contributed by atoms with E-state index in [2.05, 4.69) is 241 Å².